The number of amides is 3. The molecule has 0 bridgehead atoms. The molecule has 0 radical (unpaired) electrons. The Morgan fingerprint density at radius 3 is 2.39 bits per heavy atom. The van der Waals surface area contributed by atoms with Crippen molar-refractivity contribution in [2.24, 2.45) is 0 Å². The molecule has 0 spiro atoms. The molecular formula is C27H24FN3O5. The fourth-order valence-electron chi connectivity index (χ4n) is 3.73. The summed E-state index contributed by atoms with van der Waals surface area (Å²) < 4.78 is 25.4. The van der Waals surface area contributed by atoms with Gasteiger partial charge in [0, 0.05) is 11.3 Å². The van der Waals surface area contributed by atoms with E-state index in [1.165, 1.54) is 41.7 Å². The molecule has 8 nitrogen and oxygen atoms in total. The van der Waals surface area contributed by atoms with Gasteiger partial charge in [-0.2, -0.15) is 0 Å². The number of anilines is 1. The Hall–Kier alpha value is -4.66. The standard InChI is InChI=1S/C27H24FN3O5/c1-18-7-4-8-19(15-18)31(24(32)17-30-26(33)23-12-6-14-36-23)25(21-10-2-3-11-22(21)28)27(34)29-16-20-9-5-13-35-20/h2-15,25H,16-17H2,1H3,(H,29,34)(H,30,33). The van der Waals surface area contributed by atoms with Crippen molar-refractivity contribution in [3.05, 3.63) is 114 Å². The fourth-order valence-corrected chi connectivity index (χ4v) is 3.73. The second kappa shape index (κ2) is 11.2. The Kier molecular flexibility index (Phi) is 7.60. The Bertz CT molecular complexity index is 1340. The van der Waals surface area contributed by atoms with E-state index in [1.807, 2.05) is 13.0 Å². The van der Waals surface area contributed by atoms with Gasteiger partial charge in [0.25, 0.3) is 5.91 Å². The van der Waals surface area contributed by atoms with Crippen LogP contribution in [0.5, 0.6) is 0 Å². The van der Waals surface area contributed by atoms with E-state index in [4.69, 9.17) is 8.83 Å². The predicted molar refractivity (Wildman–Crippen MR) is 129 cm³/mol. The highest BCUT2D eigenvalue weighted by Crippen LogP contribution is 2.30. The van der Waals surface area contributed by atoms with Crippen LogP contribution in [-0.4, -0.2) is 24.3 Å². The Morgan fingerprint density at radius 1 is 0.917 bits per heavy atom. The molecule has 4 aromatic rings. The van der Waals surface area contributed by atoms with Crippen LogP contribution in [0.25, 0.3) is 0 Å². The van der Waals surface area contributed by atoms with Crippen molar-refractivity contribution >= 4 is 23.4 Å². The highest BCUT2D eigenvalue weighted by atomic mass is 19.1. The van der Waals surface area contributed by atoms with Gasteiger partial charge in [-0.15, -0.1) is 0 Å². The minimum absolute atomic E-state index is 0.00154. The number of rotatable bonds is 9. The van der Waals surface area contributed by atoms with Crippen LogP contribution in [-0.2, 0) is 16.1 Å². The van der Waals surface area contributed by atoms with Crippen molar-refractivity contribution in [2.75, 3.05) is 11.4 Å². The lowest BCUT2D eigenvalue weighted by molar-refractivity contribution is -0.126. The summed E-state index contributed by atoms with van der Waals surface area (Å²) in [5.74, 6) is -1.96. The van der Waals surface area contributed by atoms with Gasteiger partial charge in [0.15, 0.2) is 5.76 Å². The minimum Gasteiger partial charge on any atom is -0.467 e. The number of hydrogen-bond acceptors (Lipinski definition) is 5. The van der Waals surface area contributed by atoms with Crippen molar-refractivity contribution in [2.45, 2.75) is 19.5 Å². The summed E-state index contributed by atoms with van der Waals surface area (Å²) in [6, 6.07) is 17.7. The van der Waals surface area contributed by atoms with Gasteiger partial charge in [-0.25, -0.2) is 4.39 Å². The zero-order valence-corrected chi connectivity index (χ0v) is 19.4. The van der Waals surface area contributed by atoms with Gasteiger partial charge in [0.1, 0.15) is 17.6 Å². The van der Waals surface area contributed by atoms with E-state index in [2.05, 4.69) is 10.6 Å². The molecule has 0 saturated heterocycles. The molecule has 3 amide bonds. The van der Waals surface area contributed by atoms with E-state index in [-0.39, 0.29) is 17.9 Å². The smallest absolute Gasteiger partial charge is 0.287 e. The number of nitrogens with zero attached hydrogens (tertiary/aromatic N) is 1. The van der Waals surface area contributed by atoms with E-state index < -0.39 is 36.1 Å². The lowest BCUT2D eigenvalue weighted by Gasteiger charge is -2.32. The van der Waals surface area contributed by atoms with Crippen LogP contribution in [0.1, 0.15) is 33.5 Å². The van der Waals surface area contributed by atoms with Gasteiger partial charge in [-0.3, -0.25) is 19.3 Å². The first-order valence-electron chi connectivity index (χ1n) is 11.2. The molecule has 2 heterocycles. The van der Waals surface area contributed by atoms with Gasteiger partial charge in [-0.1, -0.05) is 30.3 Å². The maximum atomic E-state index is 15.0. The van der Waals surface area contributed by atoms with Crippen molar-refractivity contribution in [3.63, 3.8) is 0 Å². The predicted octanol–water partition coefficient (Wildman–Crippen LogP) is 4.14. The molecule has 0 aliphatic rings. The number of halogens is 1. The Labute approximate surface area is 206 Å². The highest BCUT2D eigenvalue weighted by Gasteiger charge is 2.34. The molecule has 184 valence electrons. The van der Waals surface area contributed by atoms with Gasteiger partial charge in [0.2, 0.25) is 11.8 Å². The number of benzene rings is 2. The number of carbonyl (C=O) groups is 3. The van der Waals surface area contributed by atoms with Gasteiger partial charge in [0.05, 0.1) is 25.6 Å². The summed E-state index contributed by atoms with van der Waals surface area (Å²) in [5.41, 5.74) is 1.20. The average Bonchev–Trinajstić information content (AvgIpc) is 3.59. The molecule has 36 heavy (non-hydrogen) atoms. The quantitative estimate of drug-likeness (QED) is 0.368. The van der Waals surface area contributed by atoms with Crippen LogP contribution in [0, 0.1) is 12.7 Å². The Balaban J connectivity index is 1.69. The molecule has 4 rings (SSSR count). The first-order chi connectivity index (χ1) is 17.4. The van der Waals surface area contributed by atoms with Gasteiger partial charge >= 0.3 is 0 Å². The number of hydrogen-bond donors (Lipinski definition) is 2. The van der Waals surface area contributed by atoms with Crippen molar-refractivity contribution in [1.82, 2.24) is 10.6 Å². The summed E-state index contributed by atoms with van der Waals surface area (Å²) in [7, 11) is 0. The van der Waals surface area contributed by atoms with Crippen molar-refractivity contribution in [3.8, 4) is 0 Å². The van der Waals surface area contributed by atoms with E-state index >= 15 is 4.39 Å². The topological polar surface area (TPSA) is 105 Å². The lowest BCUT2D eigenvalue weighted by Crippen LogP contribution is -2.47. The number of aryl methyl sites for hydroxylation is 1. The van der Waals surface area contributed by atoms with E-state index in [1.54, 1.807) is 42.5 Å². The zero-order valence-electron chi connectivity index (χ0n) is 19.4. The molecule has 2 aromatic carbocycles. The van der Waals surface area contributed by atoms with Crippen LogP contribution in [0.15, 0.2) is 94.2 Å². The van der Waals surface area contributed by atoms with E-state index in [0.29, 0.717) is 11.4 Å². The van der Waals surface area contributed by atoms with Gasteiger partial charge < -0.3 is 19.5 Å². The maximum absolute atomic E-state index is 15.0. The molecule has 0 saturated carbocycles. The monoisotopic (exact) mass is 489 g/mol. The molecule has 0 fully saturated rings. The minimum atomic E-state index is -1.36. The molecule has 0 aliphatic carbocycles. The number of furan rings is 2. The second-order valence-electron chi connectivity index (χ2n) is 7.98. The van der Waals surface area contributed by atoms with Gasteiger partial charge in [-0.05, 0) is 55.0 Å². The summed E-state index contributed by atoms with van der Waals surface area (Å²) in [6.45, 7) is 1.42. The third-order valence-electron chi connectivity index (χ3n) is 5.42. The summed E-state index contributed by atoms with van der Waals surface area (Å²) in [6.07, 6.45) is 2.81. The number of nitrogens with one attached hydrogen (secondary N) is 2. The van der Waals surface area contributed by atoms with E-state index in [0.717, 1.165) is 5.56 Å². The molecule has 1 unspecified atom stereocenters. The first-order valence-corrected chi connectivity index (χ1v) is 11.2. The summed E-state index contributed by atoms with van der Waals surface area (Å²) >= 11 is 0. The molecular weight excluding hydrogens is 465 g/mol. The highest BCUT2D eigenvalue weighted by molar-refractivity contribution is 6.04. The molecule has 0 aliphatic heterocycles. The van der Waals surface area contributed by atoms with Crippen LogP contribution in [0.2, 0.25) is 0 Å². The van der Waals surface area contributed by atoms with E-state index in [9.17, 15) is 14.4 Å². The van der Waals surface area contributed by atoms with Crippen LogP contribution in [0.3, 0.4) is 0 Å². The maximum Gasteiger partial charge on any atom is 0.287 e. The number of carbonyl (C=O) groups excluding carboxylic acids is 3. The molecule has 9 heteroatoms. The zero-order chi connectivity index (χ0) is 25.5. The largest absolute Gasteiger partial charge is 0.467 e. The summed E-state index contributed by atoms with van der Waals surface area (Å²) in [5, 5.41) is 5.22. The van der Waals surface area contributed by atoms with Crippen LogP contribution in [0.4, 0.5) is 10.1 Å². The van der Waals surface area contributed by atoms with Crippen molar-refractivity contribution in [1.29, 1.82) is 0 Å². The second-order valence-corrected chi connectivity index (χ2v) is 7.98. The first kappa shape index (κ1) is 24.5. The third kappa shape index (κ3) is 5.69. The lowest BCUT2D eigenvalue weighted by atomic mass is 10.0. The van der Waals surface area contributed by atoms with Crippen molar-refractivity contribution < 1.29 is 27.6 Å². The average molecular weight is 490 g/mol. The SMILES string of the molecule is Cc1cccc(N(C(=O)CNC(=O)c2ccco2)C(C(=O)NCc2ccco2)c2ccccc2F)c1. The Morgan fingerprint density at radius 2 is 1.69 bits per heavy atom. The summed E-state index contributed by atoms with van der Waals surface area (Å²) in [4.78, 5) is 40.6. The molecule has 1 atom stereocenters. The molecule has 2 N–H and O–H groups in total. The van der Waals surface area contributed by atoms with Crippen LogP contribution < -0.4 is 15.5 Å². The van der Waals surface area contributed by atoms with Crippen LogP contribution >= 0.6 is 0 Å². The third-order valence-corrected chi connectivity index (χ3v) is 5.42. The fraction of sp³-hybridized carbons (Fsp3) is 0.148. The molecule has 2 aromatic heterocycles. The normalized spacial score (nSPS) is 11.5.